The predicted molar refractivity (Wildman–Crippen MR) is 55.1 cm³/mol. The maximum absolute atomic E-state index is 9.51. The van der Waals surface area contributed by atoms with Crippen molar-refractivity contribution in [2.45, 2.75) is 32.3 Å². The van der Waals surface area contributed by atoms with Crippen molar-refractivity contribution in [2.24, 2.45) is 5.92 Å². The van der Waals surface area contributed by atoms with Gasteiger partial charge in [-0.1, -0.05) is 30.6 Å². The fourth-order valence-corrected chi connectivity index (χ4v) is 1.44. The van der Waals surface area contributed by atoms with Gasteiger partial charge in [0.15, 0.2) is 0 Å². The van der Waals surface area contributed by atoms with Gasteiger partial charge in [0.1, 0.15) is 6.10 Å². The molecule has 0 aliphatic heterocycles. The van der Waals surface area contributed by atoms with Gasteiger partial charge in [-0.3, -0.25) is 0 Å². The van der Waals surface area contributed by atoms with E-state index in [1.54, 1.807) is 0 Å². The first-order valence-electron chi connectivity index (χ1n) is 4.70. The molecule has 1 aliphatic rings. The smallest absolute Gasteiger partial charge is 0.115 e. The molecule has 0 fully saturated rings. The molecule has 13 heavy (non-hydrogen) atoms. The lowest BCUT2D eigenvalue weighted by Crippen LogP contribution is -2.08. The van der Waals surface area contributed by atoms with Crippen LogP contribution in [0.25, 0.3) is 0 Å². The average molecular weight is 176 g/mol. The fourth-order valence-electron chi connectivity index (χ4n) is 1.44. The Morgan fingerprint density at radius 3 is 3.08 bits per heavy atom. The molecule has 1 rings (SSSR count). The van der Waals surface area contributed by atoms with Crippen LogP contribution >= 0.6 is 0 Å². The van der Waals surface area contributed by atoms with Crippen LogP contribution in [-0.2, 0) is 0 Å². The Morgan fingerprint density at radius 1 is 1.77 bits per heavy atom. The Labute approximate surface area is 80.2 Å². The standard InChI is InChI=1S/C12H16O/c1-10(2)7-8-12(13)9-11-5-3-4-6-11/h3,5,11-13H,1,4,6,9H2,2H3. The molecule has 0 saturated heterocycles. The average Bonchev–Trinajstić information content (AvgIpc) is 2.53. The summed E-state index contributed by atoms with van der Waals surface area (Å²) in [5, 5.41) is 9.51. The van der Waals surface area contributed by atoms with Crippen molar-refractivity contribution in [1.29, 1.82) is 0 Å². The van der Waals surface area contributed by atoms with Gasteiger partial charge in [-0.15, -0.1) is 0 Å². The molecule has 0 bridgehead atoms. The van der Waals surface area contributed by atoms with E-state index in [-0.39, 0.29) is 0 Å². The van der Waals surface area contributed by atoms with Gasteiger partial charge in [-0.2, -0.15) is 0 Å². The highest BCUT2D eigenvalue weighted by Crippen LogP contribution is 2.21. The summed E-state index contributed by atoms with van der Waals surface area (Å²) in [4.78, 5) is 0. The third-order valence-corrected chi connectivity index (χ3v) is 2.09. The van der Waals surface area contributed by atoms with Crippen LogP contribution in [0.3, 0.4) is 0 Å². The molecule has 0 aromatic heterocycles. The van der Waals surface area contributed by atoms with Crippen LogP contribution in [0.15, 0.2) is 24.3 Å². The summed E-state index contributed by atoms with van der Waals surface area (Å²) in [5.74, 6) is 6.10. The van der Waals surface area contributed by atoms with Gasteiger partial charge in [-0.05, 0) is 37.7 Å². The predicted octanol–water partition coefficient (Wildman–Crippen LogP) is 2.28. The summed E-state index contributed by atoms with van der Waals surface area (Å²) in [6, 6.07) is 0. The molecule has 70 valence electrons. The molecule has 0 heterocycles. The molecule has 0 radical (unpaired) electrons. The molecule has 0 amide bonds. The topological polar surface area (TPSA) is 20.2 Å². The first-order chi connectivity index (χ1) is 6.18. The van der Waals surface area contributed by atoms with Gasteiger partial charge >= 0.3 is 0 Å². The van der Waals surface area contributed by atoms with E-state index in [0.29, 0.717) is 5.92 Å². The quantitative estimate of drug-likeness (QED) is 0.505. The highest BCUT2D eigenvalue weighted by atomic mass is 16.3. The molecule has 1 N–H and O–H groups in total. The second-order valence-electron chi connectivity index (χ2n) is 3.57. The third kappa shape index (κ3) is 3.96. The van der Waals surface area contributed by atoms with E-state index in [9.17, 15) is 5.11 Å². The van der Waals surface area contributed by atoms with E-state index in [1.807, 2.05) is 6.92 Å². The molecule has 0 saturated carbocycles. The normalized spacial score (nSPS) is 22.2. The molecule has 1 nitrogen and oxygen atoms in total. The van der Waals surface area contributed by atoms with Crippen molar-refractivity contribution in [3.8, 4) is 11.8 Å². The highest BCUT2D eigenvalue weighted by Gasteiger charge is 2.12. The van der Waals surface area contributed by atoms with Gasteiger partial charge in [0.2, 0.25) is 0 Å². The SMILES string of the molecule is C=C(C)C#CC(O)CC1C=CCC1. The van der Waals surface area contributed by atoms with Crippen molar-refractivity contribution in [2.75, 3.05) is 0 Å². The van der Waals surface area contributed by atoms with Crippen LogP contribution in [0.2, 0.25) is 0 Å². The van der Waals surface area contributed by atoms with Crippen LogP contribution in [0.1, 0.15) is 26.2 Å². The zero-order chi connectivity index (χ0) is 9.68. The number of hydrogen-bond donors (Lipinski definition) is 1. The second-order valence-corrected chi connectivity index (χ2v) is 3.57. The van der Waals surface area contributed by atoms with E-state index in [1.165, 1.54) is 0 Å². The maximum atomic E-state index is 9.51. The van der Waals surface area contributed by atoms with Crippen LogP contribution in [0.4, 0.5) is 0 Å². The summed E-state index contributed by atoms with van der Waals surface area (Å²) in [7, 11) is 0. The third-order valence-electron chi connectivity index (χ3n) is 2.09. The molecule has 0 aromatic carbocycles. The maximum Gasteiger partial charge on any atom is 0.115 e. The Bertz CT molecular complexity index is 265. The van der Waals surface area contributed by atoms with Crippen molar-refractivity contribution in [3.05, 3.63) is 24.3 Å². The molecular formula is C12H16O. The summed E-state index contributed by atoms with van der Waals surface area (Å²) in [6.07, 6.45) is 6.91. The van der Waals surface area contributed by atoms with Crippen LogP contribution in [0.5, 0.6) is 0 Å². The Hall–Kier alpha value is -1.00. The minimum atomic E-state index is -0.496. The van der Waals surface area contributed by atoms with Gasteiger partial charge in [0.25, 0.3) is 0 Å². The lowest BCUT2D eigenvalue weighted by molar-refractivity contribution is 0.205. The summed E-state index contributed by atoms with van der Waals surface area (Å²) >= 11 is 0. The summed E-state index contributed by atoms with van der Waals surface area (Å²) in [5.41, 5.74) is 0.806. The van der Waals surface area contributed by atoms with Crippen LogP contribution in [0, 0.1) is 17.8 Å². The van der Waals surface area contributed by atoms with E-state index < -0.39 is 6.10 Å². The summed E-state index contributed by atoms with van der Waals surface area (Å²) in [6.45, 7) is 5.50. The van der Waals surface area contributed by atoms with Crippen LogP contribution < -0.4 is 0 Å². The highest BCUT2D eigenvalue weighted by molar-refractivity contribution is 5.24. The number of aliphatic hydroxyl groups is 1. The largest absolute Gasteiger partial charge is 0.380 e. The van der Waals surface area contributed by atoms with Crippen molar-refractivity contribution in [1.82, 2.24) is 0 Å². The Balaban J connectivity index is 2.33. The fraction of sp³-hybridized carbons (Fsp3) is 0.500. The number of rotatable bonds is 2. The number of allylic oxidation sites excluding steroid dienone is 3. The van der Waals surface area contributed by atoms with Gasteiger partial charge in [0, 0.05) is 0 Å². The Kier molecular flexibility index (Phi) is 3.79. The van der Waals surface area contributed by atoms with Crippen molar-refractivity contribution < 1.29 is 5.11 Å². The zero-order valence-electron chi connectivity index (χ0n) is 8.09. The molecule has 2 atom stereocenters. The molecule has 0 spiro atoms. The van der Waals surface area contributed by atoms with E-state index in [4.69, 9.17) is 0 Å². The van der Waals surface area contributed by atoms with E-state index >= 15 is 0 Å². The van der Waals surface area contributed by atoms with E-state index in [2.05, 4.69) is 30.6 Å². The number of hydrogen-bond acceptors (Lipinski definition) is 1. The minimum Gasteiger partial charge on any atom is -0.380 e. The van der Waals surface area contributed by atoms with Crippen molar-refractivity contribution >= 4 is 0 Å². The number of aliphatic hydroxyl groups excluding tert-OH is 1. The zero-order valence-corrected chi connectivity index (χ0v) is 8.09. The molecule has 2 unspecified atom stereocenters. The first-order valence-corrected chi connectivity index (χ1v) is 4.70. The summed E-state index contributed by atoms with van der Waals surface area (Å²) < 4.78 is 0. The molecule has 0 aromatic rings. The van der Waals surface area contributed by atoms with Crippen molar-refractivity contribution in [3.63, 3.8) is 0 Å². The first kappa shape index (κ1) is 10.1. The lowest BCUT2D eigenvalue weighted by atomic mass is 10.0. The van der Waals surface area contributed by atoms with Crippen LogP contribution in [-0.4, -0.2) is 11.2 Å². The monoisotopic (exact) mass is 176 g/mol. The van der Waals surface area contributed by atoms with E-state index in [0.717, 1.165) is 24.8 Å². The van der Waals surface area contributed by atoms with Gasteiger partial charge < -0.3 is 5.11 Å². The molecule has 1 aliphatic carbocycles. The second kappa shape index (κ2) is 4.89. The van der Waals surface area contributed by atoms with Gasteiger partial charge in [0.05, 0.1) is 0 Å². The molecule has 1 heteroatoms. The molecular weight excluding hydrogens is 160 g/mol. The minimum absolute atomic E-state index is 0.496. The van der Waals surface area contributed by atoms with Gasteiger partial charge in [-0.25, -0.2) is 0 Å². The lowest BCUT2D eigenvalue weighted by Gasteiger charge is -2.08. The Morgan fingerprint density at radius 2 is 2.54 bits per heavy atom.